The van der Waals surface area contributed by atoms with Gasteiger partial charge in [-0.2, -0.15) is 0 Å². The van der Waals surface area contributed by atoms with E-state index < -0.39 is 24.3 Å². The van der Waals surface area contributed by atoms with Crippen LogP contribution in [0.4, 0.5) is 9.59 Å². The first-order valence-electron chi connectivity index (χ1n) is 8.82. The molecule has 1 N–H and O–H groups in total. The Kier molecular flexibility index (Phi) is 8.61. The van der Waals surface area contributed by atoms with Crippen molar-refractivity contribution in [3.8, 4) is 0 Å². The van der Waals surface area contributed by atoms with Gasteiger partial charge in [0.25, 0.3) is 0 Å². The Labute approximate surface area is 154 Å². The van der Waals surface area contributed by atoms with Crippen LogP contribution >= 0.6 is 0 Å². The fourth-order valence-electron chi connectivity index (χ4n) is 2.29. The smallest absolute Gasteiger partial charge is 0.429 e. The molecule has 7 heteroatoms. The van der Waals surface area contributed by atoms with Crippen LogP contribution < -0.4 is 5.43 Å². The van der Waals surface area contributed by atoms with Gasteiger partial charge in [-0.25, -0.2) is 20.0 Å². The van der Waals surface area contributed by atoms with Crippen molar-refractivity contribution < 1.29 is 23.9 Å². The van der Waals surface area contributed by atoms with E-state index >= 15 is 0 Å². The number of carbonyl (C=O) groups is 3. The predicted molar refractivity (Wildman–Crippen MR) is 97.7 cm³/mol. The third-order valence-corrected chi connectivity index (χ3v) is 3.32. The minimum atomic E-state index is -0.895. The van der Waals surface area contributed by atoms with E-state index in [1.807, 2.05) is 6.92 Å². The molecule has 0 bridgehead atoms. The van der Waals surface area contributed by atoms with Gasteiger partial charge < -0.3 is 9.47 Å². The van der Waals surface area contributed by atoms with Crippen LogP contribution in [-0.2, 0) is 9.47 Å². The van der Waals surface area contributed by atoms with Crippen LogP contribution in [-0.4, -0.2) is 41.2 Å². The van der Waals surface area contributed by atoms with E-state index in [4.69, 9.17) is 9.47 Å². The van der Waals surface area contributed by atoms with Crippen molar-refractivity contribution in [3.05, 3.63) is 35.9 Å². The van der Waals surface area contributed by atoms with Crippen LogP contribution in [0.3, 0.4) is 0 Å². The number of ether oxygens (including phenoxy) is 2. The fourth-order valence-corrected chi connectivity index (χ4v) is 2.29. The summed E-state index contributed by atoms with van der Waals surface area (Å²) >= 11 is 0. The molecular weight excluding hydrogens is 336 g/mol. The number of Topliss-reactive ketones (excluding diaryl/α,β-unsaturated/α-hetero) is 1. The molecule has 0 aliphatic rings. The summed E-state index contributed by atoms with van der Waals surface area (Å²) in [6.07, 6.45) is -1.39. The number of rotatable bonds is 7. The largest absolute Gasteiger partial charge is 0.446 e. The lowest BCUT2D eigenvalue weighted by atomic mass is 10.00. The summed E-state index contributed by atoms with van der Waals surface area (Å²) in [5.74, 6) is -0.280. The van der Waals surface area contributed by atoms with Crippen LogP contribution in [0.25, 0.3) is 0 Å². The maximum Gasteiger partial charge on any atom is 0.429 e. The first kappa shape index (κ1) is 21.5. The molecule has 0 fully saturated rings. The number of nitrogens with zero attached hydrogens (tertiary/aromatic N) is 1. The van der Waals surface area contributed by atoms with Crippen molar-refractivity contribution in [3.63, 3.8) is 0 Å². The maximum absolute atomic E-state index is 12.9. The molecule has 7 nitrogen and oxygen atoms in total. The van der Waals surface area contributed by atoms with Gasteiger partial charge >= 0.3 is 12.2 Å². The van der Waals surface area contributed by atoms with E-state index in [9.17, 15) is 14.4 Å². The minimum Gasteiger partial charge on any atom is -0.446 e. The molecule has 144 valence electrons. The highest BCUT2D eigenvalue weighted by atomic mass is 16.6. The zero-order valence-corrected chi connectivity index (χ0v) is 16.0. The molecule has 0 saturated heterocycles. The van der Waals surface area contributed by atoms with Gasteiger partial charge in [-0.1, -0.05) is 43.7 Å². The first-order valence-corrected chi connectivity index (χ1v) is 8.82. The average molecular weight is 364 g/mol. The monoisotopic (exact) mass is 364 g/mol. The third kappa shape index (κ3) is 6.74. The van der Waals surface area contributed by atoms with Gasteiger partial charge in [0.15, 0.2) is 5.78 Å². The van der Waals surface area contributed by atoms with Crippen molar-refractivity contribution in [2.24, 2.45) is 0 Å². The Balaban J connectivity index is 3.13. The summed E-state index contributed by atoms with van der Waals surface area (Å²) in [7, 11) is 0. The zero-order valence-electron chi connectivity index (χ0n) is 16.0. The molecule has 26 heavy (non-hydrogen) atoms. The van der Waals surface area contributed by atoms with E-state index in [1.165, 1.54) is 0 Å². The number of hydrogen-bond acceptors (Lipinski definition) is 5. The average Bonchev–Trinajstić information content (AvgIpc) is 2.56. The number of carbonyl (C=O) groups excluding carboxylic acids is 3. The standard InChI is InChI=1S/C19H28N2O5/c1-6-10-16(17(22)15-11-8-7-9-12-15)21(19(24)26-14(4)5)20-18(23)25-13(2)3/h7-9,11-14,16H,6,10H2,1-5H3,(H,20,23)/t16-/m0/s1. The second-order valence-corrected chi connectivity index (χ2v) is 6.40. The Hall–Kier alpha value is -2.57. The normalized spacial score (nSPS) is 11.8. The fraction of sp³-hybridized carbons (Fsp3) is 0.526. The Morgan fingerprint density at radius 1 is 1.00 bits per heavy atom. The van der Waals surface area contributed by atoms with Gasteiger partial charge in [0.2, 0.25) is 0 Å². The molecule has 0 aliphatic carbocycles. The highest BCUT2D eigenvalue weighted by Crippen LogP contribution is 2.15. The van der Waals surface area contributed by atoms with E-state index in [-0.39, 0.29) is 11.9 Å². The van der Waals surface area contributed by atoms with Gasteiger partial charge in [-0.3, -0.25) is 4.79 Å². The van der Waals surface area contributed by atoms with E-state index in [0.717, 1.165) is 5.01 Å². The van der Waals surface area contributed by atoms with Crippen molar-refractivity contribution in [2.45, 2.75) is 65.7 Å². The molecule has 0 aliphatic heterocycles. The van der Waals surface area contributed by atoms with Crippen molar-refractivity contribution in [2.75, 3.05) is 0 Å². The van der Waals surface area contributed by atoms with Crippen LogP contribution in [0.15, 0.2) is 30.3 Å². The summed E-state index contributed by atoms with van der Waals surface area (Å²) in [4.78, 5) is 37.5. The highest BCUT2D eigenvalue weighted by molar-refractivity contribution is 6.01. The number of ketones is 1. The summed E-state index contributed by atoms with van der Waals surface area (Å²) in [5.41, 5.74) is 2.82. The van der Waals surface area contributed by atoms with Crippen molar-refractivity contribution >= 4 is 18.0 Å². The molecule has 1 aromatic carbocycles. The SMILES string of the molecule is CCC[C@@H](C(=O)c1ccccc1)N(NC(=O)OC(C)C)C(=O)OC(C)C. The van der Waals surface area contributed by atoms with Gasteiger partial charge in [0.05, 0.1) is 12.2 Å². The lowest BCUT2D eigenvalue weighted by Gasteiger charge is -2.30. The molecule has 1 aromatic rings. The topological polar surface area (TPSA) is 84.9 Å². The van der Waals surface area contributed by atoms with Gasteiger partial charge in [-0.15, -0.1) is 0 Å². The Morgan fingerprint density at radius 3 is 2.08 bits per heavy atom. The number of amides is 2. The molecule has 1 rings (SSSR count). The van der Waals surface area contributed by atoms with Crippen LogP contribution in [0.2, 0.25) is 0 Å². The molecule has 0 radical (unpaired) electrons. The molecule has 0 unspecified atom stereocenters. The van der Waals surface area contributed by atoms with Crippen LogP contribution in [0, 0.1) is 0 Å². The second-order valence-electron chi connectivity index (χ2n) is 6.40. The summed E-state index contributed by atoms with van der Waals surface area (Å²) < 4.78 is 10.2. The van der Waals surface area contributed by atoms with Gasteiger partial charge in [0, 0.05) is 5.56 Å². The predicted octanol–water partition coefficient (Wildman–Crippen LogP) is 3.93. The van der Waals surface area contributed by atoms with Gasteiger partial charge in [-0.05, 0) is 34.1 Å². The molecule has 0 saturated carbocycles. The number of benzene rings is 1. The van der Waals surface area contributed by atoms with E-state index in [0.29, 0.717) is 18.4 Å². The van der Waals surface area contributed by atoms with Crippen molar-refractivity contribution in [1.82, 2.24) is 10.4 Å². The van der Waals surface area contributed by atoms with E-state index in [1.54, 1.807) is 58.0 Å². The summed E-state index contributed by atoms with van der Waals surface area (Å²) in [6.45, 7) is 8.65. The van der Waals surface area contributed by atoms with Crippen LogP contribution in [0.5, 0.6) is 0 Å². The van der Waals surface area contributed by atoms with Crippen LogP contribution in [0.1, 0.15) is 57.8 Å². The lowest BCUT2D eigenvalue weighted by Crippen LogP contribution is -2.55. The number of nitrogens with one attached hydrogen (secondary N) is 1. The van der Waals surface area contributed by atoms with Gasteiger partial charge in [0.1, 0.15) is 6.04 Å². The maximum atomic E-state index is 12.9. The third-order valence-electron chi connectivity index (χ3n) is 3.32. The molecule has 0 spiro atoms. The lowest BCUT2D eigenvalue weighted by molar-refractivity contribution is 0.0286. The molecule has 1 atom stereocenters. The summed E-state index contributed by atoms with van der Waals surface area (Å²) in [5, 5.41) is 0.934. The zero-order chi connectivity index (χ0) is 19.7. The highest BCUT2D eigenvalue weighted by Gasteiger charge is 2.33. The minimum absolute atomic E-state index is 0.280. The summed E-state index contributed by atoms with van der Waals surface area (Å²) in [6, 6.07) is 7.73. The Morgan fingerprint density at radius 2 is 1.58 bits per heavy atom. The van der Waals surface area contributed by atoms with E-state index in [2.05, 4.69) is 5.43 Å². The molecule has 0 aromatic heterocycles. The Bertz CT molecular complexity index is 601. The van der Waals surface area contributed by atoms with Crippen molar-refractivity contribution in [1.29, 1.82) is 0 Å². The second kappa shape index (κ2) is 10.4. The molecular formula is C19H28N2O5. The first-order chi connectivity index (χ1) is 12.3. The number of hydrazine groups is 1. The quantitative estimate of drug-likeness (QED) is 0.585. The molecule has 2 amide bonds. The number of hydrogen-bond donors (Lipinski definition) is 1. The molecule has 0 heterocycles.